The molecule has 1 aliphatic rings. The van der Waals surface area contributed by atoms with Crippen LogP contribution in [-0.4, -0.2) is 18.2 Å². The van der Waals surface area contributed by atoms with Crippen molar-refractivity contribution in [2.75, 3.05) is 13.1 Å². The van der Waals surface area contributed by atoms with Gasteiger partial charge in [0.15, 0.2) is 0 Å². The zero-order valence-corrected chi connectivity index (χ0v) is 11.5. The summed E-state index contributed by atoms with van der Waals surface area (Å²) in [5.41, 5.74) is 2.34. The Morgan fingerprint density at radius 1 is 1.17 bits per heavy atom. The highest BCUT2D eigenvalue weighted by atomic mass is 16.3. The van der Waals surface area contributed by atoms with Crippen LogP contribution in [0.2, 0.25) is 0 Å². The van der Waals surface area contributed by atoms with Crippen LogP contribution in [0, 0.1) is 5.92 Å². The van der Waals surface area contributed by atoms with E-state index in [1.165, 1.54) is 24.8 Å². The fraction of sp³-hybridized carbons (Fsp3) is 0.625. The van der Waals surface area contributed by atoms with Gasteiger partial charge in [0.25, 0.3) is 0 Å². The maximum Gasteiger partial charge on any atom is 0.0914 e. The summed E-state index contributed by atoms with van der Waals surface area (Å²) >= 11 is 0. The van der Waals surface area contributed by atoms with Gasteiger partial charge >= 0.3 is 0 Å². The predicted octanol–water partition coefficient (Wildman–Crippen LogP) is 3.23. The first-order valence-electron chi connectivity index (χ1n) is 7.15. The van der Waals surface area contributed by atoms with Gasteiger partial charge in [-0.2, -0.15) is 0 Å². The van der Waals surface area contributed by atoms with E-state index in [9.17, 15) is 5.11 Å². The van der Waals surface area contributed by atoms with Gasteiger partial charge in [-0.05, 0) is 35.9 Å². The zero-order chi connectivity index (χ0) is 13.0. The van der Waals surface area contributed by atoms with E-state index in [1.54, 1.807) is 0 Å². The Bertz CT molecular complexity index is 354. The molecular formula is C16H25NO. The van der Waals surface area contributed by atoms with Crippen LogP contribution in [0.5, 0.6) is 0 Å². The summed E-state index contributed by atoms with van der Waals surface area (Å²) in [4.78, 5) is 0. The number of hydrogen-bond donors (Lipinski definition) is 2. The Labute approximate surface area is 110 Å². The van der Waals surface area contributed by atoms with Gasteiger partial charge in [-0.1, -0.05) is 51.0 Å². The summed E-state index contributed by atoms with van der Waals surface area (Å²) in [6.07, 6.45) is 3.69. The SMILES string of the molecule is CC(C)c1ccc(C(O)CNCCC2CC2)cc1. The van der Waals surface area contributed by atoms with Crippen molar-refractivity contribution in [3.8, 4) is 0 Å². The minimum atomic E-state index is -0.384. The van der Waals surface area contributed by atoms with E-state index in [2.05, 4.69) is 31.3 Å². The summed E-state index contributed by atoms with van der Waals surface area (Å²) < 4.78 is 0. The van der Waals surface area contributed by atoms with Gasteiger partial charge in [0.1, 0.15) is 0 Å². The highest BCUT2D eigenvalue weighted by Crippen LogP contribution is 2.31. The number of aliphatic hydroxyl groups is 1. The minimum absolute atomic E-state index is 0.384. The lowest BCUT2D eigenvalue weighted by Crippen LogP contribution is -2.22. The molecule has 1 aromatic rings. The van der Waals surface area contributed by atoms with Crippen molar-refractivity contribution in [1.29, 1.82) is 0 Å². The van der Waals surface area contributed by atoms with E-state index in [0.29, 0.717) is 12.5 Å². The summed E-state index contributed by atoms with van der Waals surface area (Å²) in [5.74, 6) is 1.51. The fourth-order valence-electron chi connectivity index (χ4n) is 2.17. The smallest absolute Gasteiger partial charge is 0.0914 e. The van der Waals surface area contributed by atoms with E-state index in [1.807, 2.05) is 12.1 Å². The van der Waals surface area contributed by atoms with Gasteiger partial charge < -0.3 is 10.4 Å². The van der Waals surface area contributed by atoms with Gasteiger partial charge in [-0.15, -0.1) is 0 Å². The zero-order valence-electron chi connectivity index (χ0n) is 11.5. The van der Waals surface area contributed by atoms with Crippen LogP contribution in [0.3, 0.4) is 0 Å². The molecule has 0 radical (unpaired) electrons. The number of hydrogen-bond acceptors (Lipinski definition) is 2. The monoisotopic (exact) mass is 247 g/mol. The lowest BCUT2D eigenvalue weighted by atomic mass is 10.00. The fourth-order valence-corrected chi connectivity index (χ4v) is 2.17. The van der Waals surface area contributed by atoms with Crippen LogP contribution >= 0.6 is 0 Å². The minimum Gasteiger partial charge on any atom is -0.387 e. The third kappa shape index (κ3) is 4.11. The molecule has 0 saturated heterocycles. The first kappa shape index (κ1) is 13.6. The van der Waals surface area contributed by atoms with E-state index >= 15 is 0 Å². The molecule has 0 bridgehead atoms. The number of rotatable bonds is 7. The quantitative estimate of drug-likeness (QED) is 0.725. The Balaban J connectivity index is 1.74. The second-order valence-corrected chi connectivity index (χ2v) is 5.77. The predicted molar refractivity (Wildman–Crippen MR) is 75.7 cm³/mol. The van der Waals surface area contributed by atoms with Gasteiger partial charge in [-0.25, -0.2) is 0 Å². The molecule has 1 saturated carbocycles. The Morgan fingerprint density at radius 2 is 1.78 bits per heavy atom. The molecule has 2 nitrogen and oxygen atoms in total. The van der Waals surface area contributed by atoms with Crippen LogP contribution in [-0.2, 0) is 0 Å². The lowest BCUT2D eigenvalue weighted by Gasteiger charge is -2.13. The second kappa shape index (κ2) is 6.35. The van der Waals surface area contributed by atoms with Crippen molar-refractivity contribution >= 4 is 0 Å². The van der Waals surface area contributed by atoms with Gasteiger partial charge in [0.2, 0.25) is 0 Å². The number of benzene rings is 1. The number of aliphatic hydroxyl groups excluding tert-OH is 1. The maximum atomic E-state index is 10.1. The van der Waals surface area contributed by atoms with E-state index in [4.69, 9.17) is 0 Å². The van der Waals surface area contributed by atoms with Crippen molar-refractivity contribution in [3.63, 3.8) is 0 Å². The maximum absolute atomic E-state index is 10.1. The molecule has 2 N–H and O–H groups in total. The first-order chi connectivity index (χ1) is 8.66. The van der Waals surface area contributed by atoms with Gasteiger partial charge in [0.05, 0.1) is 6.10 Å². The largest absolute Gasteiger partial charge is 0.387 e. The molecule has 2 rings (SSSR count). The van der Waals surface area contributed by atoms with Crippen LogP contribution in [0.4, 0.5) is 0 Å². The van der Waals surface area contributed by atoms with E-state index < -0.39 is 0 Å². The third-order valence-electron chi connectivity index (χ3n) is 3.75. The van der Waals surface area contributed by atoms with Gasteiger partial charge in [0, 0.05) is 6.54 Å². The average molecular weight is 247 g/mol. The highest BCUT2D eigenvalue weighted by Gasteiger charge is 2.20. The molecule has 1 fully saturated rings. The van der Waals surface area contributed by atoms with Crippen molar-refractivity contribution in [2.45, 2.75) is 45.1 Å². The molecule has 0 spiro atoms. The molecular weight excluding hydrogens is 222 g/mol. The third-order valence-corrected chi connectivity index (χ3v) is 3.75. The summed E-state index contributed by atoms with van der Waals surface area (Å²) in [6.45, 7) is 6.06. The summed E-state index contributed by atoms with van der Waals surface area (Å²) in [6, 6.07) is 8.33. The van der Waals surface area contributed by atoms with Crippen LogP contribution in [0.25, 0.3) is 0 Å². The topological polar surface area (TPSA) is 32.3 Å². The Hall–Kier alpha value is -0.860. The molecule has 1 aliphatic carbocycles. The molecule has 1 unspecified atom stereocenters. The Kier molecular flexibility index (Phi) is 4.79. The molecule has 0 heterocycles. The molecule has 18 heavy (non-hydrogen) atoms. The summed E-state index contributed by atoms with van der Waals surface area (Å²) in [7, 11) is 0. The standard InChI is InChI=1S/C16H25NO/c1-12(2)14-5-7-15(8-6-14)16(18)11-17-10-9-13-3-4-13/h5-8,12-13,16-18H,3-4,9-11H2,1-2H3. The van der Waals surface area contributed by atoms with Gasteiger partial charge in [-0.3, -0.25) is 0 Å². The highest BCUT2D eigenvalue weighted by molar-refractivity contribution is 5.26. The van der Waals surface area contributed by atoms with Crippen LogP contribution in [0.15, 0.2) is 24.3 Å². The van der Waals surface area contributed by atoms with Crippen molar-refractivity contribution in [3.05, 3.63) is 35.4 Å². The van der Waals surface area contributed by atoms with Crippen molar-refractivity contribution in [1.82, 2.24) is 5.32 Å². The number of nitrogens with one attached hydrogen (secondary N) is 1. The van der Waals surface area contributed by atoms with Crippen LogP contribution < -0.4 is 5.32 Å². The average Bonchev–Trinajstić information content (AvgIpc) is 3.18. The molecule has 2 heteroatoms. The Morgan fingerprint density at radius 3 is 2.33 bits per heavy atom. The molecule has 0 aromatic heterocycles. The molecule has 100 valence electrons. The molecule has 1 aromatic carbocycles. The normalized spacial score (nSPS) is 17.1. The van der Waals surface area contributed by atoms with Crippen LogP contribution in [0.1, 0.15) is 56.3 Å². The molecule has 0 amide bonds. The summed E-state index contributed by atoms with van der Waals surface area (Å²) in [5, 5.41) is 13.4. The van der Waals surface area contributed by atoms with Crippen molar-refractivity contribution < 1.29 is 5.11 Å². The van der Waals surface area contributed by atoms with E-state index in [-0.39, 0.29) is 6.10 Å². The van der Waals surface area contributed by atoms with Crippen molar-refractivity contribution in [2.24, 2.45) is 5.92 Å². The first-order valence-corrected chi connectivity index (χ1v) is 7.15. The lowest BCUT2D eigenvalue weighted by molar-refractivity contribution is 0.174. The molecule has 1 atom stereocenters. The molecule has 0 aliphatic heterocycles. The van der Waals surface area contributed by atoms with E-state index in [0.717, 1.165) is 18.0 Å². The second-order valence-electron chi connectivity index (χ2n) is 5.77.